The molecule has 2 atom stereocenters. The molecule has 1 amide bonds. The SMILES string of the molecule is CCC[C@@H](N)C(=O)NC1CCCc2occc21. The van der Waals surface area contributed by atoms with E-state index in [4.69, 9.17) is 10.2 Å². The molecular formula is C13H20N2O2. The van der Waals surface area contributed by atoms with Crippen molar-refractivity contribution in [3.05, 3.63) is 23.7 Å². The Balaban J connectivity index is 1.99. The van der Waals surface area contributed by atoms with Gasteiger partial charge < -0.3 is 15.5 Å². The lowest BCUT2D eigenvalue weighted by molar-refractivity contribution is -0.123. The quantitative estimate of drug-likeness (QED) is 0.839. The third-order valence-corrected chi connectivity index (χ3v) is 3.30. The van der Waals surface area contributed by atoms with Gasteiger partial charge in [0.15, 0.2) is 0 Å². The number of aryl methyl sites for hydroxylation is 1. The van der Waals surface area contributed by atoms with E-state index in [2.05, 4.69) is 5.32 Å². The summed E-state index contributed by atoms with van der Waals surface area (Å²) in [6, 6.07) is 1.63. The summed E-state index contributed by atoms with van der Waals surface area (Å²) in [5.41, 5.74) is 6.92. The fourth-order valence-corrected chi connectivity index (χ4v) is 2.36. The molecule has 1 unspecified atom stereocenters. The number of hydrogen-bond donors (Lipinski definition) is 2. The van der Waals surface area contributed by atoms with Crippen molar-refractivity contribution in [2.75, 3.05) is 0 Å². The number of hydrogen-bond acceptors (Lipinski definition) is 3. The molecule has 0 spiro atoms. The third kappa shape index (κ3) is 2.69. The number of amides is 1. The van der Waals surface area contributed by atoms with Crippen molar-refractivity contribution in [2.24, 2.45) is 5.73 Å². The summed E-state index contributed by atoms with van der Waals surface area (Å²) in [6.07, 6.45) is 6.34. The summed E-state index contributed by atoms with van der Waals surface area (Å²) in [6.45, 7) is 2.03. The van der Waals surface area contributed by atoms with Gasteiger partial charge in [-0.3, -0.25) is 4.79 Å². The van der Waals surface area contributed by atoms with E-state index in [1.54, 1.807) is 6.26 Å². The molecule has 1 aliphatic carbocycles. The standard InChI is InChI=1S/C13H20N2O2/c1-2-4-10(14)13(16)15-11-5-3-6-12-9(11)7-8-17-12/h7-8,10-11H,2-6,14H2,1H3,(H,15,16)/t10-,11?/m1/s1. The number of nitrogens with two attached hydrogens (primary N) is 1. The smallest absolute Gasteiger partial charge is 0.237 e. The van der Waals surface area contributed by atoms with E-state index in [1.807, 2.05) is 13.0 Å². The topological polar surface area (TPSA) is 68.3 Å². The number of carbonyl (C=O) groups is 1. The minimum atomic E-state index is -0.391. The molecular weight excluding hydrogens is 216 g/mol. The summed E-state index contributed by atoms with van der Waals surface area (Å²) in [5.74, 6) is 0.955. The van der Waals surface area contributed by atoms with Crippen molar-refractivity contribution in [3.63, 3.8) is 0 Å². The third-order valence-electron chi connectivity index (χ3n) is 3.30. The lowest BCUT2D eigenvalue weighted by Gasteiger charge is -2.24. The molecule has 0 aliphatic heterocycles. The zero-order valence-corrected chi connectivity index (χ0v) is 10.2. The van der Waals surface area contributed by atoms with Crippen LogP contribution in [-0.4, -0.2) is 11.9 Å². The molecule has 0 aromatic carbocycles. The number of carbonyl (C=O) groups excluding carboxylic acids is 1. The van der Waals surface area contributed by atoms with Gasteiger partial charge in [-0.2, -0.15) is 0 Å². The second-order valence-electron chi connectivity index (χ2n) is 4.65. The molecule has 1 heterocycles. The lowest BCUT2D eigenvalue weighted by atomic mass is 9.93. The van der Waals surface area contributed by atoms with Crippen LogP contribution in [0.4, 0.5) is 0 Å². The first-order chi connectivity index (χ1) is 8.22. The van der Waals surface area contributed by atoms with E-state index in [0.29, 0.717) is 0 Å². The maximum Gasteiger partial charge on any atom is 0.237 e. The maximum absolute atomic E-state index is 11.9. The molecule has 4 nitrogen and oxygen atoms in total. The minimum Gasteiger partial charge on any atom is -0.469 e. The Kier molecular flexibility index (Phi) is 3.84. The van der Waals surface area contributed by atoms with Crippen molar-refractivity contribution >= 4 is 5.91 Å². The highest BCUT2D eigenvalue weighted by molar-refractivity contribution is 5.81. The number of rotatable bonds is 4. The maximum atomic E-state index is 11.9. The van der Waals surface area contributed by atoms with Crippen LogP contribution in [-0.2, 0) is 11.2 Å². The lowest BCUT2D eigenvalue weighted by Crippen LogP contribution is -2.42. The normalized spacial score (nSPS) is 20.7. The Morgan fingerprint density at radius 3 is 3.29 bits per heavy atom. The van der Waals surface area contributed by atoms with Gasteiger partial charge in [-0.25, -0.2) is 0 Å². The van der Waals surface area contributed by atoms with E-state index < -0.39 is 6.04 Å². The molecule has 3 N–H and O–H groups in total. The Morgan fingerprint density at radius 1 is 1.71 bits per heavy atom. The van der Waals surface area contributed by atoms with Crippen LogP contribution >= 0.6 is 0 Å². The van der Waals surface area contributed by atoms with E-state index in [1.165, 1.54) is 0 Å². The first-order valence-corrected chi connectivity index (χ1v) is 6.34. The van der Waals surface area contributed by atoms with E-state index in [-0.39, 0.29) is 11.9 Å². The van der Waals surface area contributed by atoms with Crippen LogP contribution in [0.3, 0.4) is 0 Å². The van der Waals surface area contributed by atoms with Gasteiger partial charge in [0.05, 0.1) is 18.3 Å². The van der Waals surface area contributed by atoms with Crippen LogP contribution in [0.15, 0.2) is 16.7 Å². The molecule has 0 fully saturated rings. The molecule has 0 saturated carbocycles. The fraction of sp³-hybridized carbons (Fsp3) is 0.615. The first kappa shape index (κ1) is 12.2. The highest BCUT2D eigenvalue weighted by Gasteiger charge is 2.25. The van der Waals surface area contributed by atoms with Crippen molar-refractivity contribution < 1.29 is 9.21 Å². The van der Waals surface area contributed by atoms with Crippen LogP contribution in [0.25, 0.3) is 0 Å². The van der Waals surface area contributed by atoms with E-state index in [9.17, 15) is 4.79 Å². The van der Waals surface area contributed by atoms with Crippen LogP contribution in [0.1, 0.15) is 50.0 Å². The predicted molar refractivity (Wildman–Crippen MR) is 65.4 cm³/mol. The molecule has 1 aliphatic rings. The van der Waals surface area contributed by atoms with Crippen LogP contribution in [0, 0.1) is 0 Å². The molecule has 94 valence electrons. The molecule has 0 saturated heterocycles. The monoisotopic (exact) mass is 236 g/mol. The predicted octanol–water partition coefficient (Wildman–Crippen LogP) is 1.90. The number of fused-ring (bicyclic) bond motifs is 1. The molecule has 1 aromatic heterocycles. The summed E-state index contributed by atoms with van der Waals surface area (Å²) < 4.78 is 5.39. The second kappa shape index (κ2) is 5.36. The van der Waals surface area contributed by atoms with Gasteiger partial charge >= 0.3 is 0 Å². The minimum absolute atomic E-state index is 0.0501. The van der Waals surface area contributed by atoms with Gasteiger partial charge in [0.2, 0.25) is 5.91 Å². The summed E-state index contributed by atoms with van der Waals surface area (Å²) >= 11 is 0. The van der Waals surface area contributed by atoms with Crippen molar-refractivity contribution in [3.8, 4) is 0 Å². The van der Waals surface area contributed by atoms with E-state index in [0.717, 1.165) is 43.4 Å². The molecule has 4 heteroatoms. The highest BCUT2D eigenvalue weighted by atomic mass is 16.3. The van der Waals surface area contributed by atoms with Gasteiger partial charge in [-0.15, -0.1) is 0 Å². The molecule has 2 rings (SSSR count). The van der Waals surface area contributed by atoms with Crippen LogP contribution < -0.4 is 11.1 Å². The largest absolute Gasteiger partial charge is 0.469 e. The zero-order valence-electron chi connectivity index (χ0n) is 10.2. The molecule has 0 radical (unpaired) electrons. The Labute approximate surface area is 102 Å². The summed E-state index contributed by atoms with van der Waals surface area (Å²) in [7, 11) is 0. The fourth-order valence-electron chi connectivity index (χ4n) is 2.36. The van der Waals surface area contributed by atoms with Gasteiger partial charge in [0, 0.05) is 12.0 Å². The molecule has 1 aromatic rings. The second-order valence-corrected chi connectivity index (χ2v) is 4.65. The van der Waals surface area contributed by atoms with Gasteiger partial charge in [0.1, 0.15) is 5.76 Å². The Bertz CT molecular complexity index is 387. The molecule has 17 heavy (non-hydrogen) atoms. The Morgan fingerprint density at radius 2 is 2.53 bits per heavy atom. The van der Waals surface area contributed by atoms with E-state index >= 15 is 0 Å². The van der Waals surface area contributed by atoms with Gasteiger partial charge in [0.25, 0.3) is 0 Å². The van der Waals surface area contributed by atoms with Crippen LogP contribution in [0.2, 0.25) is 0 Å². The van der Waals surface area contributed by atoms with Crippen molar-refractivity contribution in [1.82, 2.24) is 5.32 Å². The highest BCUT2D eigenvalue weighted by Crippen LogP contribution is 2.30. The van der Waals surface area contributed by atoms with Gasteiger partial charge in [-0.1, -0.05) is 13.3 Å². The molecule has 0 bridgehead atoms. The van der Waals surface area contributed by atoms with Crippen molar-refractivity contribution in [1.29, 1.82) is 0 Å². The average molecular weight is 236 g/mol. The number of furan rings is 1. The first-order valence-electron chi connectivity index (χ1n) is 6.34. The number of nitrogens with one attached hydrogen (secondary N) is 1. The Hall–Kier alpha value is -1.29. The van der Waals surface area contributed by atoms with Gasteiger partial charge in [-0.05, 0) is 25.3 Å². The average Bonchev–Trinajstić information content (AvgIpc) is 2.78. The zero-order chi connectivity index (χ0) is 12.3. The summed E-state index contributed by atoms with van der Waals surface area (Å²) in [5, 5.41) is 3.02. The van der Waals surface area contributed by atoms with Crippen LogP contribution in [0.5, 0.6) is 0 Å². The summed E-state index contributed by atoms with van der Waals surface area (Å²) in [4.78, 5) is 11.9. The van der Waals surface area contributed by atoms with Crippen molar-refractivity contribution in [2.45, 2.75) is 51.1 Å².